The second kappa shape index (κ2) is 15.3. The highest BCUT2D eigenvalue weighted by Gasteiger charge is 2.30. The molecule has 12 nitrogen and oxygen atoms in total. The Morgan fingerprint density at radius 2 is 1.62 bits per heavy atom. The topological polar surface area (TPSA) is 164 Å². The highest BCUT2D eigenvalue weighted by Crippen LogP contribution is 2.30. The molecule has 5 aromatic rings. The molecule has 0 spiro atoms. The third kappa shape index (κ3) is 8.87. The number of ether oxygens (including phenoxy) is 1. The van der Waals surface area contributed by atoms with Gasteiger partial charge < -0.3 is 20.7 Å². The zero-order valence-corrected chi connectivity index (χ0v) is 28.5. The predicted octanol–water partition coefficient (Wildman–Crippen LogP) is 6.08. The number of hydrogen-bond acceptors (Lipinski definition) is 8. The fourth-order valence-corrected chi connectivity index (χ4v) is 6.29. The van der Waals surface area contributed by atoms with Crippen LogP contribution in [0.1, 0.15) is 52.0 Å². The van der Waals surface area contributed by atoms with Gasteiger partial charge in [0.15, 0.2) is 0 Å². The molecule has 0 aliphatic heterocycles. The van der Waals surface area contributed by atoms with Crippen molar-refractivity contribution in [1.82, 2.24) is 36.2 Å². The number of tetrazole rings is 1. The largest absolute Gasteiger partial charge is 0.444 e. The van der Waals surface area contributed by atoms with Crippen LogP contribution in [0, 0.1) is 11.8 Å². The smallest absolute Gasteiger partial charge is 0.407 e. The Hall–Kier alpha value is -5.65. The molecular formula is C38H42N8O4. The number of anilines is 1. The predicted molar refractivity (Wildman–Crippen MR) is 191 cm³/mol. The molecule has 2 aromatic heterocycles. The van der Waals surface area contributed by atoms with E-state index in [2.05, 4.69) is 47.6 Å². The number of carbonyl (C=O) groups excluding carboxylic acids is 3. The molecule has 0 radical (unpaired) electrons. The summed E-state index contributed by atoms with van der Waals surface area (Å²) >= 11 is 0. The highest BCUT2D eigenvalue weighted by molar-refractivity contribution is 5.98. The van der Waals surface area contributed by atoms with Crippen molar-refractivity contribution in [1.29, 1.82) is 0 Å². The molecule has 1 aliphatic rings. The van der Waals surface area contributed by atoms with E-state index in [9.17, 15) is 14.4 Å². The molecule has 2 heterocycles. The Kier molecular flexibility index (Phi) is 10.5. The van der Waals surface area contributed by atoms with Crippen molar-refractivity contribution in [3.05, 3.63) is 90.8 Å². The van der Waals surface area contributed by atoms with E-state index in [4.69, 9.17) is 4.74 Å². The number of H-pyrrole nitrogens is 1. The van der Waals surface area contributed by atoms with Gasteiger partial charge in [-0.25, -0.2) is 4.79 Å². The molecule has 1 fully saturated rings. The fraction of sp³-hybridized carbons (Fsp3) is 0.342. The Morgan fingerprint density at radius 3 is 2.32 bits per heavy atom. The van der Waals surface area contributed by atoms with Gasteiger partial charge in [0.2, 0.25) is 17.6 Å². The van der Waals surface area contributed by atoms with Gasteiger partial charge in [0.25, 0.3) is 0 Å². The molecule has 1 aliphatic carbocycles. The number of rotatable bonds is 10. The minimum absolute atomic E-state index is 0.144. The summed E-state index contributed by atoms with van der Waals surface area (Å²) in [6, 6.07) is 22.5. The first kappa shape index (κ1) is 34.2. The van der Waals surface area contributed by atoms with E-state index in [-0.39, 0.29) is 23.7 Å². The zero-order valence-electron chi connectivity index (χ0n) is 28.5. The number of nitrogens with one attached hydrogen (secondary N) is 4. The first-order valence-corrected chi connectivity index (χ1v) is 17.0. The van der Waals surface area contributed by atoms with Gasteiger partial charge in [-0.15, -0.1) is 10.2 Å². The lowest BCUT2D eigenvalue weighted by Gasteiger charge is -2.29. The summed E-state index contributed by atoms with van der Waals surface area (Å²) in [6.07, 6.45) is 6.52. The average Bonchev–Trinajstić information content (AvgIpc) is 3.66. The number of nitrogens with zero attached hydrogens (tertiary/aromatic N) is 4. The van der Waals surface area contributed by atoms with Crippen LogP contribution < -0.4 is 16.0 Å². The van der Waals surface area contributed by atoms with E-state index in [1.54, 1.807) is 24.3 Å². The number of benzene rings is 3. The maximum absolute atomic E-state index is 13.8. The standard InChI is InChI=1S/C38H42N8O4/c1-38(2,3)50-37(49)40-21-25-10-14-28(15-11-25)35(47)42-33(36(48)41-30-18-16-27(17-19-30)34-43-45-46-44-34)20-24-8-12-26(13-9-24)32-23-39-22-29-6-4-5-7-31(29)32/h4-9,12-13,16-19,22-23,25,28,33H,10-11,14-15,20-21H2,1-3H3,(H,40,49)(H,41,48)(H,42,47)(H,43,44,45,46)/t25-,28-,33-/m0/s1. The van der Waals surface area contributed by atoms with Gasteiger partial charge in [0, 0.05) is 53.5 Å². The number of carbonyl (C=O) groups is 3. The number of pyridine rings is 1. The molecule has 3 amide bonds. The normalized spacial score (nSPS) is 16.7. The van der Waals surface area contributed by atoms with Crippen LogP contribution in [0.3, 0.4) is 0 Å². The molecule has 0 bridgehead atoms. The Balaban J connectivity index is 1.12. The van der Waals surface area contributed by atoms with Gasteiger partial charge >= 0.3 is 6.09 Å². The molecular weight excluding hydrogens is 632 g/mol. The van der Waals surface area contributed by atoms with E-state index in [1.165, 1.54) is 0 Å². The molecule has 0 saturated heterocycles. The zero-order chi connectivity index (χ0) is 35.1. The molecule has 3 aromatic carbocycles. The molecule has 1 saturated carbocycles. The lowest BCUT2D eigenvalue weighted by molar-refractivity contribution is -0.130. The van der Waals surface area contributed by atoms with E-state index in [1.807, 2.05) is 75.6 Å². The van der Waals surface area contributed by atoms with Crippen LogP contribution in [-0.2, 0) is 20.7 Å². The highest BCUT2D eigenvalue weighted by atomic mass is 16.6. The van der Waals surface area contributed by atoms with Gasteiger partial charge in [0.05, 0.1) is 0 Å². The first-order chi connectivity index (χ1) is 24.1. The molecule has 50 heavy (non-hydrogen) atoms. The molecule has 6 rings (SSSR count). The van der Waals surface area contributed by atoms with Crippen LogP contribution in [0.5, 0.6) is 0 Å². The average molecular weight is 675 g/mol. The summed E-state index contributed by atoms with van der Waals surface area (Å²) in [5.74, 6) is 0.0269. The van der Waals surface area contributed by atoms with Crippen LogP contribution >= 0.6 is 0 Å². The summed E-state index contributed by atoms with van der Waals surface area (Å²) < 4.78 is 5.35. The van der Waals surface area contributed by atoms with Crippen molar-refractivity contribution >= 4 is 34.4 Å². The second-order valence-corrected chi connectivity index (χ2v) is 13.8. The molecule has 4 N–H and O–H groups in total. The number of alkyl carbamates (subject to hydrolysis) is 1. The van der Waals surface area contributed by atoms with Crippen LogP contribution in [0.4, 0.5) is 10.5 Å². The monoisotopic (exact) mass is 674 g/mol. The molecule has 0 unspecified atom stereocenters. The number of fused-ring (bicyclic) bond motifs is 1. The van der Waals surface area contributed by atoms with Crippen LogP contribution in [0.15, 0.2) is 85.2 Å². The van der Waals surface area contributed by atoms with Crippen LogP contribution in [-0.4, -0.2) is 61.7 Å². The SMILES string of the molecule is CC(C)(C)OC(=O)NC[C@H]1CC[C@H](C(=O)N[C@@H](Cc2ccc(-c3cncc4ccccc34)cc2)C(=O)Nc2ccc(-c3nn[nH]n3)cc2)CC1. The Bertz CT molecular complexity index is 1910. The summed E-state index contributed by atoms with van der Waals surface area (Å²) in [5.41, 5.74) is 3.73. The fourth-order valence-electron chi connectivity index (χ4n) is 6.29. The molecule has 12 heteroatoms. The first-order valence-electron chi connectivity index (χ1n) is 17.0. The van der Waals surface area contributed by atoms with E-state index in [0.29, 0.717) is 37.3 Å². The third-order valence-electron chi connectivity index (χ3n) is 8.91. The third-order valence-corrected chi connectivity index (χ3v) is 8.91. The number of aromatic amines is 1. The van der Waals surface area contributed by atoms with Gasteiger partial charge in [-0.05, 0) is 98.4 Å². The Morgan fingerprint density at radius 1 is 0.900 bits per heavy atom. The van der Waals surface area contributed by atoms with Crippen molar-refractivity contribution < 1.29 is 19.1 Å². The van der Waals surface area contributed by atoms with E-state index < -0.39 is 17.7 Å². The minimum atomic E-state index is -0.809. The van der Waals surface area contributed by atoms with Gasteiger partial charge in [-0.2, -0.15) is 5.21 Å². The summed E-state index contributed by atoms with van der Waals surface area (Å²) in [7, 11) is 0. The number of hydrogen-bond donors (Lipinski definition) is 4. The van der Waals surface area contributed by atoms with Crippen molar-refractivity contribution in [3.8, 4) is 22.5 Å². The van der Waals surface area contributed by atoms with Crippen molar-refractivity contribution in [2.45, 2.75) is 64.5 Å². The van der Waals surface area contributed by atoms with Crippen LogP contribution in [0.25, 0.3) is 33.3 Å². The van der Waals surface area contributed by atoms with Gasteiger partial charge in [0.1, 0.15) is 11.6 Å². The second-order valence-electron chi connectivity index (χ2n) is 13.8. The number of amides is 3. The van der Waals surface area contributed by atoms with Gasteiger partial charge in [-0.1, -0.05) is 48.5 Å². The molecule has 258 valence electrons. The quantitative estimate of drug-likeness (QED) is 0.139. The number of aromatic nitrogens is 5. The van der Waals surface area contributed by atoms with E-state index in [0.717, 1.165) is 45.9 Å². The summed E-state index contributed by atoms with van der Waals surface area (Å²) in [5, 5.41) is 25.1. The summed E-state index contributed by atoms with van der Waals surface area (Å²) in [4.78, 5) is 43.9. The summed E-state index contributed by atoms with van der Waals surface area (Å²) in [6.45, 7) is 6.00. The van der Waals surface area contributed by atoms with Crippen molar-refractivity contribution in [3.63, 3.8) is 0 Å². The van der Waals surface area contributed by atoms with Crippen molar-refractivity contribution in [2.24, 2.45) is 11.8 Å². The Labute approximate surface area is 290 Å². The van der Waals surface area contributed by atoms with Gasteiger partial charge in [-0.3, -0.25) is 14.6 Å². The van der Waals surface area contributed by atoms with E-state index >= 15 is 0 Å². The minimum Gasteiger partial charge on any atom is -0.444 e. The maximum Gasteiger partial charge on any atom is 0.407 e. The maximum atomic E-state index is 13.8. The van der Waals surface area contributed by atoms with Crippen LogP contribution in [0.2, 0.25) is 0 Å². The lowest BCUT2D eigenvalue weighted by atomic mass is 9.81. The van der Waals surface area contributed by atoms with Crippen molar-refractivity contribution in [2.75, 3.05) is 11.9 Å². The molecule has 1 atom stereocenters. The lowest BCUT2D eigenvalue weighted by Crippen LogP contribution is -2.48.